The highest BCUT2D eigenvalue weighted by Crippen LogP contribution is 2.20. The Balaban J connectivity index is 1.54. The molecular formula is C17H17FN2O3. The molecule has 2 amide bonds. The van der Waals surface area contributed by atoms with Gasteiger partial charge in [0.05, 0.1) is 18.7 Å². The summed E-state index contributed by atoms with van der Waals surface area (Å²) >= 11 is 0. The Bertz CT molecular complexity index is 700. The summed E-state index contributed by atoms with van der Waals surface area (Å²) in [6.07, 6.45) is 1.72. The zero-order valence-corrected chi connectivity index (χ0v) is 12.5. The van der Waals surface area contributed by atoms with Crippen LogP contribution in [0.3, 0.4) is 0 Å². The maximum atomic E-state index is 13.5. The predicted molar refractivity (Wildman–Crippen MR) is 80.5 cm³/mol. The molecule has 0 aliphatic carbocycles. The lowest BCUT2D eigenvalue weighted by Gasteiger charge is -2.15. The summed E-state index contributed by atoms with van der Waals surface area (Å²) < 4.78 is 18.8. The Hall–Kier alpha value is -2.63. The lowest BCUT2D eigenvalue weighted by Crippen LogP contribution is -2.32. The molecule has 0 bridgehead atoms. The van der Waals surface area contributed by atoms with Crippen molar-refractivity contribution in [3.63, 3.8) is 0 Å². The number of nitrogens with zero attached hydrogens (tertiary/aromatic N) is 1. The summed E-state index contributed by atoms with van der Waals surface area (Å²) in [4.78, 5) is 25.8. The van der Waals surface area contributed by atoms with Crippen LogP contribution < -0.4 is 5.32 Å². The van der Waals surface area contributed by atoms with Gasteiger partial charge in [-0.15, -0.1) is 0 Å². The highest BCUT2D eigenvalue weighted by molar-refractivity contribution is 5.89. The van der Waals surface area contributed by atoms with Crippen LogP contribution in [0, 0.1) is 11.7 Å². The summed E-state index contributed by atoms with van der Waals surface area (Å²) in [5.41, 5.74) is 0.428. The van der Waals surface area contributed by atoms with Crippen molar-refractivity contribution >= 4 is 11.8 Å². The van der Waals surface area contributed by atoms with E-state index in [1.54, 1.807) is 41.5 Å². The van der Waals surface area contributed by atoms with Crippen molar-refractivity contribution in [1.29, 1.82) is 0 Å². The van der Waals surface area contributed by atoms with Crippen LogP contribution in [-0.2, 0) is 22.7 Å². The minimum absolute atomic E-state index is 0.0764. The zero-order chi connectivity index (χ0) is 16.2. The van der Waals surface area contributed by atoms with E-state index in [9.17, 15) is 14.0 Å². The van der Waals surface area contributed by atoms with Crippen LogP contribution >= 0.6 is 0 Å². The number of carbonyl (C=O) groups excluding carboxylic acids is 2. The van der Waals surface area contributed by atoms with Gasteiger partial charge in [-0.1, -0.05) is 18.2 Å². The van der Waals surface area contributed by atoms with E-state index in [0.717, 1.165) is 0 Å². The molecule has 1 aliphatic rings. The smallest absolute Gasteiger partial charge is 0.225 e. The normalized spacial score (nSPS) is 17.5. The van der Waals surface area contributed by atoms with Gasteiger partial charge in [0, 0.05) is 25.1 Å². The third-order valence-electron chi connectivity index (χ3n) is 3.92. The second-order valence-electron chi connectivity index (χ2n) is 5.56. The molecule has 1 aromatic carbocycles. The molecular weight excluding hydrogens is 299 g/mol. The Morgan fingerprint density at radius 1 is 1.30 bits per heavy atom. The molecule has 5 nitrogen and oxygen atoms in total. The van der Waals surface area contributed by atoms with E-state index >= 15 is 0 Å². The van der Waals surface area contributed by atoms with E-state index in [1.807, 2.05) is 0 Å². The Morgan fingerprint density at radius 3 is 2.87 bits per heavy atom. The molecule has 1 unspecified atom stereocenters. The minimum atomic E-state index is -0.413. The van der Waals surface area contributed by atoms with Gasteiger partial charge in [0.15, 0.2) is 0 Å². The first kappa shape index (κ1) is 15.3. The average Bonchev–Trinajstić information content (AvgIpc) is 3.17. The monoisotopic (exact) mass is 316 g/mol. The number of halogens is 1. The van der Waals surface area contributed by atoms with Crippen LogP contribution in [0.1, 0.15) is 17.7 Å². The second kappa shape index (κ2) is 6.64. The van der Waals surface area contributed by atoms with Crippen molar-refractivity contribution in [1.82, 2.24) is 10.2 Å². The number of rotatable bonds is 5. The number of carbonyl (C=O) groups is 2. The molecule has 2 heterocycles. The highest BCUT2D eigenvalue weighted by atomic mass is 19.1. The number of amides is 2. The molecule has 6 heteroatoms. The van der Waals surface area contributed by atoms with Gasteiger partial charge in [0.2, 0.25) is 11.8 Å². The molecule has 23 heavy (non-hydrogen) atoms. The lowest BCUT2D eigenvalue weighted by atomic mass is 10.1. The van der Waals surface area contributed by atoms with Gasteiger partial charge in [-0.05, 0) is 18.2 Å². The Labute approximate surface area is 133 Å². The molecule has 0 radical (unpaired) electrons. The summed E-state index contributed by atoms with van der Waals surface area (Å²) in [6.45, 7) is 0.833. The number of furan rings is 1. The van der Waals surface area contributed by atoms with E-state index in [2.05, 4.69) is 5.32 Å². The van der Waals surface area contributed by atoms with Gasteiger partial charge >= 0.3 is 0 Å². The first-order valence-electron chi connectivity index (χ1n) is 7.45. The molecule has 0 spiro atoms. The van der Waals surface area contributed by atoms with Gasteiger partial charge in [0.25, 0.3) is 0 Å². The van der Waals surface area contributed by atoms with Crippen LogP contribution in [0.25, 0.3) is 0 Å². The summed E-state index contributed by atoms with van der Waals surface area (Å²) in [5, 5.41) is 2.70. The van der Waals surface area contributed by atoms with Crippen molar-refractivity contribution in [2.24, 2.45) is 5.92 Å². The molecule has 1 aromatic heterocycles. The largest absolute Gasteiger partial charge is 0.467 e. The van der Waals surface area contributed by atoms with E-state index in [1.165, 1.54) is 6.07 Å². The van der Waals surface area contributed by atoms with Gasteiger partial charge < -0.3 is 14.6 Å². The van der Waals surface area contributed by atoms with Gasteiger partial charge in [-0.25, -0.2) is 4.39 Å². The molecule has 2 aromatic rings. The number of benzene rings is 1. The minimum Gasteiger partial charge on any atom is -0.467 e. The van der Waals surface area contributed by atoms with Crippen molar-refractivity contribution in [3.8, 4) is 0 Å². The fraction of sp³-hybridized carbons (Fsp3) is 0.294. The standard InChI is InChI=1S/C17H17FN2O3/c18-15-6-2-1-4-12(15)9-19-17(22)13-8-16(21)20(10-13)11-14-5-3-7-23-14/h1-7,13H,8-11H2,(H,19,22). The molecule has 1 N–H and O–H groups in total. The van der Waals surface area contributed by atoms with Crippen LogP contribution in [0.4, 0.5) is 4.39 Å². The summed E-state index contributed by atoms with van der Waals surface area (Å²) in [7, 11) is 0. The van der Waals surface area contributed by atoms with E-state index < -0.39 is 5.92 Å². The van der Waals surface area contributed by atoms with Gasteiger partial charge in [-0.2, -0.15) is 0 Å². The lowest BCUT2D eigenvalue weighted by molar-refractivity contribution is -0.129. The Kier molecular flexibility index (Phi) is 4.41. The molecule has 1 aliphatic heterocycles. The van der Waals surface area contributed by atoms with Crippen LogP contribution in [-0.4, -0.2) is 23.3 Å². The van der Waals surface area contributed by atoms with Crippen LogP contribution in [0.2, 0.25) is 0 Å². The third-order valence-corrected chi connectivity index (χ3v) is 3.92. The van der Waals surface area contributed by atoms with Gasteiger partial charge in [0.1, 0.15) is 11.6 Å². The van der Waals surface area contributed by atoms with Crippen molar-refractivity contribution in [2.45, 2.75) is 19.5 Å². The van der Waals surface area contributed by atoms with Crippen molar-refractivity contribution in [2.75, 3.05) is 6.54 Å². The molecule has 1 atom stereocenters. The maximum Gasteiger partial charge on any atom is 0.225 e. The summed E-state index contributed by atoms with van der Waals surface area (Å²) in [5.74, 6) is -0.388. The summed E-state index contributed by atoms with van der Waals surface area (Å²) in [6, 6.07) is 9.84. The molecule has 120 valence electrons. The number of nitrogens with one attached hydrogen (secondary N) is 1. The van der Waals surface area contributed by atoms with Crippen LogP contribution in [0.5, 0.6) is 0 Å². The maximum absolute atomic E-state index is 13.5. The van der Waals surface area contributed by atoms with Gasteiger partial charge in [-0.3, -0.25) is 9.59 Å². The number of hydrogen-bond donors (Lipinski definition) is 1. The fourth-order valence-electron chi connectivity index (χ4n) is 2.66. The molecule has 0 saturated carbocycles. The number of hydrogen-bond acceptors (Lipinski definition) is 3. The number of likely N-dealkylation sites (tertiary alicyclic amines) is 1. The molecule has 3 rings (SSSR count). The topological polar surface area (TPSA) is 62.6 Å². The predicted octanol–water partition coefficient (Wildman–Crippen LogP) is 2.08. The van der Waals surface area contributed by atoms with Crippen LogP contribution in [0.15, 0.2) is 47.1 Å². The fourth-order valence-corrected chi connectivity index (χ4v) is 2.66. The Morgan fingerprint density at radius 2 is 2.13 bits per heavy atom. The van der Waals surface area contributed by atoms with E-state index in [-0.39, 0.29) is 30.6 Å². The quantitative estimate of drug-likeness (QED) is 0.918. The zero-order valence-electron chi connectivity index (χ0n) is 12.5. The van der Waals surface area contributed by atoms with E-state index in [0.29, 0.717) is 24.4 Å². The first-order chi connectivity index (χ1) is 11.1. The third kappa shape index (κ3) is 3.59. The first-order valence-corrected chi connectivity index (χ1v) is 7.45. The van der Waals surface area contributed by atoms with E-state index in [4.69, 9.17) is 4.42 Å². The molecule has 1 saturated heterocycles. The highest BCUT2D eigenvalue weighted by Gasteiger charge is 2.34. The second-order valence-corrected chi connectivity index (χ2v) is 5.56. The SMILES string of the molecule is O=C(NCc1ccccc1F)C1CC(=O)N(Cc2ccco2)C1. The van der Waals surface area contributed by atoms with Crippen molar-refractivity contribution in [3.05, 3.63) is 59.8 Å². The average molecular weight is 316 g/mol. The molecule has 1 fully saturated rings. The van der Waals surface area contributed by atoms with Crippen molar-refractivity contribution < 1.29 is 18.4 Å².